The number of carboxylic acids is 1. The standard InChI is InChI=1S/C12H13N5O3S/c18-11(14-8-3-1-2-7(8)12(19)20)10-9(4-5-21-10)17-6-13-15-16-17/h4-8H,1-3H2,(H,14,18)(H,19,20). The van der Waals surface area contributed by atoms with Crippen LogP contribution < -0.4 is 5.32 Å². The van der Waals surface area contributed by atoms with E-state index >= 15 is 0 Å². The van der Waals surface area contributed by atoms with Gasteiger partial charge in [-0.3, -0.25) is 9.59 Å². The summed E-state index contributed by atoms with van der Waals surface area (Å²) in [5.41, 5.74) is 0.590. The number of hydrogen-bond acceptors (Lipinski definition) is 6. The Hall–Kier alpha value is -2.29. The van der Waals surface area contributed by atoms with E-state index in [4.69, 9.17) is 5.11 Å². The van der Waals surface area contributed by atoms with E-state index < -0.39 is 11.9 Å². The summed E-state index contributed by atoms with van der Waals surface area (Å²) in [6.07, 6.45) is 3.51. The number of amides is 1. The van der Waals surface area contributed by atoms with Crippen molar-refractivity contribution in [2.75, 3.05) is 0 Å². The third-order valence-corrected chi connectivity index (χ3v) is 4.50. The van der Waals surface area contributed by atoms with Gasteiger partial charge in [-0.2, -0.15) is 4.68 Å². The number of aromatic nitrogens is 4. The fraction of sp³-hybridized carbons (Fsp3) is 0.417. The fourth-order valence-corrected chi connectivity index (χ4v) is 3.37. The zero-order valence-corrected chi connectivity index (χ0v) is 11.8. The molecule has 0 spiro atoms. The first kappa shape index (κ1) is 13.7. The molecular weight excluding hydrogens is 294 g/mol. The van der Waals surface area contributed by atoms with Gasteiger partial charge in [0, 0.05) is 6.04 Å². The number of nitrogens with one attached hydrogen (secondary N) is 1. The molecule has 3 rings (SSSR count). The normalized spacial score (nSPS) is 21.3. The molecule has 2 aromatic rings. The summed E-state index contributed by atoms with van der Waals surface area (Å²) in [5, 5.41) is 24.6. The van der Waals surface area contributed by atoms with Gasteiger partial charge in [0.25, 0.3) is 5.91 Å². The third-order valence-electron chi connectivity index (χ3n) is 3.60. The maximum absolute atomic E-state index is 12.4. The van der Waals surface area contributed by atoms with Crippen LogP contribution in [0.1, 0.15) is 28.9 Å². The molecule has 1 saturated carbocycles. The van der Waals surface area contributed by atoms with E-state index in [0.717, 1.165) is 6.42 Å². The molecule has 1 aliphatic carbocycles. The summed E-state index contributed by atoms with van der Waals surface area (Å²) in [4.78, 5) is 24.0. The summed E-state index contributed by atoms with van der Waals surface area (Å²) in [5.74, 6) is -1.65. The molecule has 21 heavy (non-hydrogen) atoms. The van der Waals surface area contributed by atoms with E-state index in [9.17, 15) is 9.59 Å². The van der Waals surface area contributed by atoms with Gasteiger partial charge in [-0.15, -0.1) is 16.4 Å². The first-order chi connectivity index (χ1) is 10.2. The van der Waals surface area contributed by atoms with Gasteiger partial charge >= 0.3 is 5.97 Å². The molecule has 2 heterocycles. The van der Waals surface area contributed by atoms with Crippen molar-refractivity contribution in [2.45, 2.75) is 25.3 Å². The van der Waals surface area contributed by atoms with E-state index in [-0.39, 0.29) is 11.9 Å². The highest BCUT2D eigenvalue weighted by atomic mass is 32.1. The Morgan fingerprint density at radius 1 is 1.43 bits per heavy atom. The van der Waals surface area contributed by atoms with Gasteiger partial charge in [0.2, 0.25) is 0 Å². The number of tetrazole rings is 1. The highest BCUT2D eigenvalue weighted by Crippen LogP contribution is 2.27. The van der Waals surface area contributed by atoms with E-state index in [0.29, 0.717) is 23.4 Å². The Labute approximate surface area is 123 Å². The van der Waals surface area contributed by atoms with Crippen LogP contribution >= 0.6 is 11.3 Å². The zero-order valence-electron chi connectivity index (χ0n) is 11.0. The number of carboxylic acid groups (broad SMARTS) is 1. The summed E-state index contributed by atoms with van der Waals surface area (Å²) in [6.45, 7) is 0. The highest BCUT2D eigenvalue weighted by Gasteiger charge is 2.34. The second-order valence-corrected chi connectivity index (χ2v) is 5.76. The predicted octanol–water partition coefficient (Wildman–Crippen LogP) is 0.707. The first-order valence-electron chi connectivity index (χ1n) is 6.51. The molecule has 0 saturated heterocycles. The molecule has 2 N–H and O–H groups in total. The van der Waals surface area contributed by atoms with Crippen LogP contribution in [-0.4, -0.2) is 43.2 Å². The van der Waals surface area contributed by atoms with Gasteiger partial charge in [0.1, 0.15) is 11.2 Å². The Balaban J connectivity index is 1.78. The van der Waals surface area contributed by atoms with Crippen molar-refractivity contribution in [2.24, 2.45) is 5.92 Å². The lowest BCUT2D eigenvalue weighted by molar-refractivity contribution is -0.142. The average Bonchev–Trinajstić information content (AvgIpc) is 3.19. The molecule has 0 radical (unpaired) electrons. The molecule has 2 aromatic heterocycles. The van der Waals surface area contributed by atoms with Crippen LogP contribution in [0, 0.1) is 5.92 Å². The Morgan fingerprint density at radius 3 is 3.00 bits per heavy atom. The molecule has 1 aliphatic rings. The third kappa shape index (κ3) is 2.64. The minimum Gasteiger partial charge on any atom is -0.481 e. The number of carbonyl (C=O) groups is 2. The number of rotatable bonds is 4. The maximum atomic E-state index is 12.4. The Morgan fingerprint density at radius 2 is 2.29 bits per heavy atom. The van der Waals surface area contributed by atoms with Crippen LogP contribution in [0.2, 0.25) is 0 Å². The van der Waals surface area contributed by atoms with E-state index in [1.54, 1.807) is 11.4 Å². The summed E-state index contributed by atoms with van der Waals surface area (Å²) >= 11 is 1.27. The molecule has 2 unspecified atom stereocenters. The van der Waals surface area contributed by atoms with Crippen LogP contribution in [0.3, 0.4) is 0 Å². The highest BCUT2D eigenvalue weighted by molar-refractivity contribution is 7.12. The Kier molecular flexibility index (Phi) is 3.65. The number of aliphatic carboxylic acids is 1. The smallest absolute Gasteiger partial charge is 0.308 e. The predicted molar refractivity (Wildman–Crippen MR) is 73.3 cm³/mol. The second-order valence-electron chi connectivity index (χ2n) is 4.84. The molecule has 8 nitrogen and oxygen atoms in total. The largest absolute Gasteiger partial charge is 0.481 e. The van der Waals surface area contributed by atoms with E-state index in [1.807, 2.05) is 0 Å². The number of thiophene rings is 1. The maximum Gasteiger partial charge on any atom is 0.308 e. The molecule has 110 valence electrons. The lowest BCUT2D eigenvalue weighted by Crippen LogP contribution is -2.40. The van der Waals surface area contributed by atoms with Crippen molar-refractivity contribution in [1.82, 2.24) is 25.5 Å². The van der Waals surface area contributed by atoms with Gasteiger partial charge in [-0.05, 0) is 34.7 Å². The van der Waals surface area contributed by atoms with Crippen LogP contribution in [-0.2, 0) is 4.79 Å². The fourth-order valence-electron chi connectivity index (χ4n) is 2.59. The van der Waals surface area contributed by atoms with Crippen molar-refractivity contribution in [3.05, 3.63) is 22.7 Å². The number of carbonyl (C=O) groups excluding carboxylic acids is 1. The van der Waals surface area contributed by atoms with Crippen LogP contribution in [0.5, 0.6) is 0 Å². The number of hydrogen-bond donors (Lipinski definition) is 2. The minimum atomic E-state index is -0.857. The summed E-state index contributed by atoms with van der Waals surface area (Å²) < 4.78 is 1.41. The van der Waals surface area contributed by atoms with Crippen LogP contribution in [0.25, 0.3) is 5.69 Å². The van der Waals surface area contributed by atoms with Gasteiger partial charge < -0.3 is 10.4 Å². The molecule has 0 bridgehead atoms. The molecule has 0 aliphatic heterocycles. The molecule has 1 fully saturated rings. The summed E-state index contributed by atoms with van der Waals surface area (Å²) in [7, 11) is 0. The monoisotopic (exact) mass is 307 g/mol. The molecule has 1 amide bonds. The molecule has 2 atom stereocenters. The minimum absolute atomic E-state index is 0.284. The first-order valence-corrected chi connectivity index (χ1v) is 7.39. The van der Waals surface area contributed by atoms with Gasteiger partial charge in [0.15, 0.2) is 0 Å². The number of nitrogens with zero attached hydrogens (tertiary/aromatic N) is 4. The topological polar surface area (TPSA) is 110 Å². The van der Waals surface area contributed by atoms with Crippen molar-refractivity contribution in [3.63, 3.8) is 0 Å². The Bertz CT molecular complexity index is 654. The van der Waals surface area contributed by atoms with Crippen LogP contribution in [0.4, 0.5) is 0 Å². The van der Waals surface area contributed by atoms with Gasteiger partial charge in [0.05, 0.1) is 11.6 Å². The average molecular weight is 307 g/mol. The lowest BCUT2D eigenvalue weighted by atomic mass is 10.0. The SMILES string of the molecule is O=C(NC1CCCC1C(=O)O)c1sccc1-n1cnnn1. The van der Waals surface area contributed by atoms with Gasteiger partial charge in [-0.1, -0.05) is 6.42 Å². The summed E-state index contributed by atoms with van der Waals surface area (Å²) in [6, 6.07) is 1.43. The van der Waals surface area contributed by atoms with Crippen molar-refractivity contribution >= 4 is 23.2 Å². The molecule has 9 heteroatoms. The van der Waals surface area contributed by atoms with Crippen LogP contribution in [0.15, 0.2) is 17.8 Å². The quantitative estimate of drug-likeness (QED) is 0.860. The zero-order chi connectivity index (χ0) is 14.8. The van der Waals surface area contributed by atoms with E-state index in [2.05, 4.69) is 20.8 Å². The second kappa shape index (κ2) is 5.60. The van der Waals surface area contributed by atoms with Gasteiger partial charge in [-0.25, -0.2) is 0 Å². The van der Waals surface area contributed by atoms with Crippen molar-refractivity contribution < 1.29 is 14.7 Å². The van der Waals surface area contributed by atoms with Crippen molar-refractivity contribution in [3.8, 4) is 5.69 Å². The molecule has 0 aromatic carbocycles. The van der Waals surface area contributed by atoms with E-state index in [1.165, 1.54) is 22.3 Å². The van der Waals surface area contributed by atoms with Crippen molar-refractivity contribution in [1.29, 1.82) is 0 Å². The lowest BCUT2D eigenvalue weighted by Gasteiger charge is -2.17. The molecular formula is C12H13N5O3S.